The SMILES string of the molecule is Cc1ccc(CNC(=O)C2(C)CN(S(C)(=O)=O)CC(=O)N2CCc2ccccc2)cc1. The minimum Gasteiger partial charge on any atom is -0.350 e. The number of nitrogens with one attached hydrogen (secondary N) is 1. The van der Waals surface area contributed by atoms with Crippen LogP contribution in [0.1, 0.15) is 23.6 Å². The molecule has 2 amide bonds. The van der Waals surface area contributed by atoms with Crippen LogP contribution in [0.5, 0.6) is 0 Å². The van der Waals surface area contributed by atoms with Crippen LogP contribution in [0, 0.1) is 6.92 Å². The lowest BCUT2D eigenvalue weighted by molar-refractivity contribution is -0.152. The zero-order chi connectivity index (χ0) is 22.6. The van der Waals surface area contributed by atoms with Crippen molar-refractivity contribution in [2.24, 2.45) is 0 Å². The summed E-state index contributed by atoms with van der Waals surface area (Å²) in [5, 5.41) is 2.90. The molecule has 3 rings (SSSR count). The monoisotopic (exact) mass is 443 g/mol. The molecule has 0 saturated carbocycles. The number of sulfonamides is 1. The first-order chi connectivity index (χ1) is 14.6. The number of carbonyl (C=O) groups is 2. The maximum atomic E-state index is 13.3. The standard InChI is InChI=1S/C23H29N3O4S/c1-18-9-11-20(12-10-18)15-24-22(28)23(2)17-25(31(3,29)30)16-21(27)26(23)14-13-19-7-5-4-6-8-19/h4-12H,13-17H2,1-3H3,(H,24,28). The quantitative estimate of drug-likeness (QED) is 0.706. The normalized spacial score (nSPS) is 20.0. The third kappa shape index (κ3) is 5.51. The Balaban J connectivity index is 1.81. The van der Waals surface area contributed by atoms with Gasteiger partial charge in [-0.25, -0.2) is 8.42 Å². The number of amides is 2. The number of carbonyl (C=O) groups excluding carboxylic acids is 2. The summed E-state index contributed by atoms with van der Waals surface area (Å²) in [6.07, 6.45) is 1.64. The fourth-order valence-electron chi connectivity index (χ4n) is 3.76. The molecule has 7 nitrogen and oxygen atoms in total. The average Bonchev–Trinajstić information content (AvgIpc) is 2.72. The zero-order valence-electron chi connectivity index (χ0n) is 18.2. The van der Waals surface area contributed by atoms with Crippen molar-refractivity contribution in [1.82, 2.24) is 14.5 Å². The van der Waals surface area contributed by atoms with Crippen molar-refractivity contribution >= 4 is 21.8 Å². The Morgan fingerprint density at radius 1 is 1.06 bits per heavy atom. The Morgan fingerprint density at radius 3 is 2.32 bits per heavy atom. The Morgan fingerprint density at radius 2 is 1.71 bits per heavy atom. The van der Waals surface area contributed by atoms with Gasteiger partial charge in [-0.3, -0.25) is 9.59 Å². The molecule has 2 aromatic carbocycles. The van der Waals surface area contributed by atoms with Gasteiger partial charge < -0.3 is 10.2 Å². The van der Waals surface area contributed by atoms with Crippen molar-refractivity contribution in [3.05, 3.63) is 71.3 Å². The molecule has 1 aliphatic heterocycles. The van der Waals surface area contributed by atoms with Gasteiger partial charge in [0.15, 0.2) is 0 Å². The van der Waals surface area contributed by atoms with Crippen molar-refractivity contribution in [2.75, 3.05) is 25.9 Å². The minimum absolute atomic E-state index is 0.0773. The van der Waals surface area contributed by atoms with Crippen LogP contribution in [-0.2, 0) is 32.6 Å². The van der Waals surface area contributed by atoms with Crippen LogP contribution in [0.25, 0.3) is 0 Å². The van der Waals surface area contributed by atoms with Gasteiger partial charge in [-0.2, -0.15) is 4.31 Å². The van der Waals surface area contributed by atoms with Crippen LogP contribution in [0.3, 0.4) is 0 Å². The summed E-state index contributed by atoms with van der Waals surface area (Å²) >= 11 is 0. The third-order valence-corrected chi connectivity index (χ3v) is 6.89. The highest BCUT2D eigenvalue weighted by Gasteiger charge is 2.49. The lowest BCUT2D eigenvalue weighted by Crippen LogP contribution is -2.69. The summed E-state index contributed by atoms with van der Waals surface area (Å²) in [4.78, 5) is 27.7. The molecule has 1 aliphatic rings. The van der Waals surface area contributed by atoms with Gasteiger partial charge in [-0.1, -0.05) is 60.2 Å². The third-order valence-electron chi connectivity index (χ3n) is 5.69. The lowest BCUT2D eigenvalue weighted by atomic mass is 9.94. The fourth-order valence-corrected chi connectivity index (χ4v) is 4.59. The second-order valence-electron chi connectivity index (χ2n) is 8.25. The van der Waals surface area contributed by atoms with Crippen LogP contribution in [0.4, 0.5) is 0 Å². The summed E-state index contributed by atoms with van der Waals surface area (Å²) < 4.78 is 25.4. The summed E-state index contributed by atoms with van der Waals surface area (Å²) in [6.45, 7) is 3.92. The number of benzene rings is 2. The summed E-state index contributed by atoms with van der Waals surface area (Å²) in [7, 11) is -3.62. The number of aryl methyl sites for hydroxylation is 1. The van der Waals surface area contributed by atoms with E-state index in [9.17, 15) is 18.0 Å². The lowest BCUT2D eigenvalue weighted by Gasteiger charge is -2.46. The van der Waals surface area contributed by atoms with E-state index in [2.05, 4.69) is 5.32 Å². The Kier molecular flexibility index (Phi) is 6.81. The molecule has 1 atom stereocenters. The van der Waals surface area contributed by atoms with Crippen LogP contribution in [0.2, 0.25) is 0 Å². The molecule has 1 N–H and O–H groups in total. The van der Waals surface area contributed by atoms with Gasteiger partial charge in [-0.15, -0.1) is 0 Å². The van der Waals surface area contributed by atoms with Crippen LogP contribution < -0.4 is 5.32 Å². The number of piperazine rings is 1. The molecule has 0 spiro atoms. The van der Waals surface area contributed by atoms with E-state index in [1.807, 2.05) is 61.5 Å². The van der Waals surface area contributed by atoms with E-state index >= 15 is 0 Å². The van der Waals surface area contributed by atoms with E-state index in [1.54, 1.807) is 6.92 Å². The molecular formula is C23H29N3O4S. The van der Waals surface area contributed by atoms with E-state index < -0.39 is 15.6 Å². The summed E-state index contributed by atoms with van der Waals surface area (Å²) in [5.41, 5.74) is 1.79. The molecule has 8 heteroatoms. The van der Waals surface area contributed by atoms with Gasteiger partial charge in [-0.05, 0) is 31.4 Å². The average molecular weight is 444 g/mol. The minimum atomic E-state index is -3.62. The van der Waals surface area contributed by atoms with Gasteiger partial charge in [0.25, 0.3) is 0 Å². The van der Waals surface area contributed by atoms with Crippen LogP contribution >= 0.6 is 0 Å². The molecule has 31 heavy (non-hydrogen) atoms. The number of nitrogens with zero attached hydrogens (tertiary/aromatic N) is 2. The molecule has 0 aromatic heterocycles. The van der Waals surface area contributed by atoms with Crippen molar-refractivity contribution in [1.29, 1.82) is 0 Å². The topological polar surface area (TPSA) is 86.8 Å². The summed E-state index contributed by atoms with van der Waals surface area (Å²) in [5.74, 6) is -0.747. The largest absolute Gasteiger partial charge is 0.350 e. The molecule has 0 aliphatic carbocycles. The fraction of sp³-hybridized carbons (Fsp3) is 0.391. The number of hydrogen-bond acceptors (Lipinski definition) is 4. The maximum Gasteiger partial charge on any atom is 0.247 e. The van der Waals surface area contributed by atoms with Gasteiger partial charge in [0, 0.05) is 19.6 Å². The zero-order valence-corrected chi connectivity index (χ0v) is 19.0. The van der Waals surface area contributed by atoms with E-state index in [0.717, 1.165) is 27.3 Å². The molecule has 0 radical (unpaired) electrons. The first-order valence-corrected chi connectivity index (χ1v) is 12.1. The van der Waals surface area contributed by atoms with E-state index in [0.29, 0.717) is 19.5 Å². The molecule has 1 saturated heterocycles. The maximum absolute atomic E-state index is 13.3. The van der Waals surface area contributed by atoms with E-state index in [4.69, 9.17) is 0 Å². The Bertz CT molecular complexity index is 1040. The van der Waals surface area contributed by atoms with Gasteiger partial charge in [0.1, 0.15) is 5.54 Å². The first kappa shape index (κ1) is 23.0. The van der Waals surface area contributed by atoms with Gasteiger partial charge in [0.2, 0.25) is 21.8 Å². The van der Waals surface area contributed by atoms with E-state index in [1.165, 1.54) is 4.90 Å². The van der Waals surface area contributed by atoms with Gasteiger partial charge >= 0.3 is 0 Å². The molecular weight excluding hydrogens is 414 g/mol. The molecule has 1 fully saturated rings. The Labute approximate surface area is 184 Å². The van der Waals surface area contributed by atoms with Crippen LogP contribution in [0.15, 0.2) is 54.6 Å². The molecule has 0 bridgehead atoms. The van der Waals surface area contributed by atoms with Crippen molar-refractivity contribution in [3.8, 4) is 0 Å². The summed E-state index contributed by atoms with van der Waals surface area (Å²) in [6, 6.07) is 17.5. The second kappa shape index (κ2) is 9.20. The second-order valence-corrected chi connectivity index (χ2v) is 10.2. The van der Waals surface area contributed by atoms with Crippen molar-refractivity contribution < 1.29 is 18.0 Å². The smallest absolute Gasteiger partial charge is 0.247 e. The molecule has 1 heterocycles. The first-order valence-electron chi connectivity index (χ1n) is 10.2. The van der Waals surface area contributed by atoms with Crippen molar-refractivity contribution in [3.63, 3.8) is 0 Å². The van der Waals surface area contributed by atoms with Crippen molar-refractivity contribution in [2.45, 2.75) is 32.4 Å². The highest BCUT2D eigenvalue weighted by molar-refractivity contribution is 7.88. The predicted molar refractivity (Wildman–Crippen MR) is 120 cm³/mol. The Hall–Kier alpha value is -2.71. The van der Waals surface area contributed by atoms with Crippen LogP contribution in [-0.4, -0.2) is 60.9 Å². The van der Waals surface area contributed by atoms with E-state index in [-0.39, 0.29) is 24.9 Å². The predicted octanol–water partition coefficient (Wildman–Crippen LogP) is 1.72. The number of rotatable bonds is 7. The van der Waals surface area contributed by atoms with Gasteiger partial charge in [0.05, 0.1) is 12.8 Å². The molecule has 1 unspecified atom stereocenters. The number of hydrogen-bond donors (Lipinski definition) is 1. The molecule has 166 valence electrons. The highest BCUT2D eigenvalue weighted by atomic mass is 32.2. The molecule has 2 aromatic rings. The highest BCUT2D eigenvalue weighted by Crippen LogP contribution is 2.25.